The van der Waals surface area contributed by atoms with Crippen molar-refractivity contribution in [2.24, 2.45) is 0 Å². The Morgan fingerprint density at radius 1 is 1.38 bits per heavy atom. The molecule has 3 N–H and O–H groups in total. The van der Waals surface area contributed by atoms with Gasteiger partial charge in [-0.05, 0) is 32.8 Å². The fourth-order valence-corrected chi connectivity index (χ4v) is 3.73. The number of ketones is 1. The number of aryl methyl sites for hydroxylation is 1. The van der Waals surface area contributed by atoms with E-state index in [1.165, 1.54) is 17.8 Å². The van der Waals surface area contributed by atoms with Gasteiger partial charge in [0.25, 0.3) is 0 Å². The van der Waals surface area contributed by atoms with Crippen LogP contribution in [0, 0.1) is 0 Å². The highest BCUT2D eigenvalue weighted by molar-refractivity contribution is 7.72. The first-order valence-corrected chi connectivity index (χ1v) is 11.5. The Hall–Kier alpha value is -1.54. The van der Waals surface area contributed by atoms with Crippen LogP contribution in [0.15, 0.2) is 15.9 Å². The first-order chi connectivity index (χ1) is 12.0. The van der Waals surface area contributed by atoms with E-state index in [0.717, 1.165) is 10.7 Å². The molecule has 26 heavy (non-hydrogen) atoms. The zero-order valence-electron chi connectivity index (χ0n) is 15.3. The molecular weight excluding hydrogens is 361 g/mol. The van der Waals surface area contributed by atoms with Crippen LogP contribution in [-0.2, 0) is 16.1 Å². The predicted octanol–water partition coefficient (Wildman–Crippen LogP) is -1.48. The molecule has 1 aliphatic heterocycles. The van der Waals surface area contributed by atoms with Crippen molar-refractivity contribution in [3.8, 4) is 0 Å². The number of H-pyrrole nitrogens is 1. The SMILES string of the molecule is C=P(C)(C)CC[C@H]1O[C@@H](n2c[n+](CCC(C)=O)c(=O)[nH]c2=O)[C@H](O)[C@@H]1O. The van der Waals surface area contributed by atoms with Crippen LogP contribution in [0.3, 0.4) is 0 Å². The third kappa shape index (κ3) is 5.01. The summed E-state index contributed by atoms with van der Waals surface area (Å²) in [5.41, 5.74) is -1.41. The van der Waals surface area contributed by atoms with Crippen molar-refractivity contribution in [1.29, 1.82) is 0 Å². The fourth-order valence-electron chi connectivity index (χ4n) is 2.78. The molecule has 1 saturated heterocycles. The van der Waals surface area contributed by atoms with Gasteiger partial charge >= 0.3 is 11.4 Å². The summed E-state index contributed by atoms with van der Waals surface area (Å²) >= 11 is 0. The number of aliphatic hydroxyl groups is 2. The van der Waals surface area contributed by atoms with Crippen LogP contribution in [0.4, 0.5) is 0 Å². The Bertz CT molecular complexity index is 826. The van der Waals surface area contributed by atoms with Gasteiger partial charge in [0.2, 0.25) is 12.6 Å². The van der Waals surface area contributed by atoms with Crippen molar-refractivity contribution < 1.29 is 24.3 Å². The minimum atomic E-state index is -1.32. The molecule has 2 heterocycles. The van der Waals surface area contributed by atoms with Gasteiger partial charge in [-0.25, -0.2) is 14.2 Å². The molecule has 1 aromatic heterocycles. The lowest BCUT2D eigenvalue weighted by Gasteiger charge is -2.18. The van der Waals surface area contributed by atoms with Crippen LogP contribution < -0.4 is 15.9 Å². The molecule has 9 nitrogen and oxygen atoms in total. The van der Waals surface area contributed by atoms with E-state index in [1.54, 1.807) is 0 Å². The fraction of sp³-hybridized carbons (Fsp3) is 0.688. The summed E-state index contributed by atoms with van der Waals surface area (Å²) in [7, 11) is 0. The molecule has 10 heteroatoms. The van der Waals surface area contributed by atoms with E-state index in [4.69, 9.17) is 4.74 Å². The Labute approximate surface area is 151 Å². The maximum absolute atomic E-state index is 12.1. The van der Waals surface area contributed by atoms with Crippen molar-refractivity contribution in [3.05, 3.63) is 27.3 Å². The van der Waals surface area contributed by atoms with E-state index in [9.17, 15) is 24.6 Å². The van der Waals surface area contributed by atoms with Crippen LogP contribution in [0.25, 0.3) is 0 Å². The van der Waals surface area contributed by atoms with Crippen molar-refractivity contribution in [2.75, 3.05) is 19.5 Å². The lowest BCUT2D eigenvalue weighted by Crippen LogP contribution is -2.57. The molecule has 4 atom stereocenters. The zero-order valence-corrected chi connectivity index (χ0v) is 16.2. The van der Waals surface area contributed by atoms with Gasteiger partial charge in [-0.15, -0.1) is 13.2 Å². The summed E-state index contributed by atoms with van der Waals surface area (Å²) in [5.74, 6) is -0.0959. The van der Waals surface area contributed by atoms with Gasteiger partial charge in [0.1, 0.15) is 18.0 Å². The standard InChI is InChI=1S/C16H26N3O6P/c1-10(20)5-7-18-9-19(16(24)17-15(18)23)14-13(22)12(21)11(25-14)6-8-26(2,3)4/h9,11-14,21-22H,2,5-8H2,1,3-4H3/p+1/t11-,12-,13-,14-/m1/s1. The first-order valence-electron chi connectivity index (χ1n) is 8.43. The van der Waals surface area contributed by atoms with Gasteiger partial charge in [-0.2, -0.15) is 9.55 Å². The van der Waals surface area contributed by atoms with Crippen molar-refractivity contribution in [3.63, 3.8) is 0 Å². The number of aliphatic hydroxyl groups excluding tert-OH is 2. The van der Waals surface area contributed by atoms with Gasteiger partial charge in [-0.3, -0.25) is 4.79 Å². The average molecular weight is 388 g/mol. The summed E-state index contributed by atoms with van der Waals surface area (Å²) in [5, 5.41) is 20.6. The number of hydrogen-bond donors (Lipinski definition) is 3. The summed E-state index contributed by atoms with van der Waals surface area (Å²) in [4.78, 5) is 37.3. The number of carbonyl (C=O) groups is 1. The highest BCUT2D eigenvalue weighted by atomic mass is 31.2. The number of rotatable bonds is 7. The normalized spacial score (nSPS) is 26.2. The van der Waals surface area contributed by atoms with Crippen molar-refractivity contribution >= 4 is 19.0 Å². The Morgan fingerprint density at radius 2 is 2.04 bits per heavy atom. The van der Waals surface area contributed by atoms with Crippen molar-refractivity contribution in [1.82, 2.24) is 9.55 Å². The maximum atomic E-state index is 12.1. The lowest BCUT2D eigenvalue weighted by atomic mass is 10.1. The van der Waals surface area contributed by atoms with Gasteiger partial charge in [0, 0.05) is 6.42 Å². The summed E-state index contributed by atoms with van der Waals surface area (Å²) < 4.78 is 7.93. The summed E-state index contributed by atoms with van der Waals surface area (Å²) in [6, 6.07) is 0. The highest BCUT2D eigenvalue weighted by Gasteiger charge is 2.46. The lowest BCUT2D eigenvalue weighted by molar-refractivity contribution is -0.717. The van der Waals surface area contributed by atoms with E-state index in [1.807, 2.05) is 0 Å². The van der Waals surface area contributed by atoms with E-state index in [0.29, 0.717) is 6.42 Å². The molecule has 0 spiro atoms. The summed E-state index contributed by atoms with van der Waals surface area (Å²) in [6.07, 6.45) is 2.55. The quantitative estimate of drug-likeness (QED) is 0.387. The number of nitrogens with zero attached hydrogens (tertiary/aromatic N) is 2. The van der Waals surface area contributed by atoms with Gasteiger partial charge < -0.3 is 14.9 Å². The third-order valence-electron chi connectivity index (χ3n) is 4.31. The van der Waals surface area contributed by atoms with Gasteiger partial charge in [0.05, 0.1) is 12.6 Å². The number of aromatic amines is 1. The molecule has 0 unspecified atom stereocenters. The molecular formula is C16H27N3O6P+. The van der Waals surface area contributed by atoms with Crippen LogP contribution >= 0.6 is 6.89 Å². The first kappa shape index (κ1) is 20.8. The summed E-state index contributed by atoms with van der Waals surface area (Å²) in [6.45, 7) is 4.30. The molecule has 0 radical (unpaired) electrons. The van der Waals surface area contributed by atoms with E-state index in [-0.39, 0.29) is 18.7 Å². The molecule has 0 aromatic carbocycles. The molecule has 1 aromatic rings. The Balaban J connectivity index is 2.25. The van der Waals surface area contributed by atoms with Crippen molar-refractivity contribution in [2.45, 2.75) is 50.8 Å². The molecule has 2 rings (SSSR count). The number of aromatic nitrogens is 3. The van der Waals surface area contributed by atoms with E-state index in [2.05, 4.69) is 24.6 Å². The molecule has 0 amide bonds. The van der Waals surface area contributed by atoms with Gasteiger partial charge in [0.15, 0.2) is 0 Å². The second kappa shape index (κ2) is 8.00. The van der Waals surface area contributed by atoms with E-state index >= 15 is 0 Å². The topological polar surface area (TPSA) is 126 Å². The Morgan fingerprint density at radius 3 is 2.62 bits per heavy atom. The van der Waals surface area contributed by atoms with Crippen LogP contribution in [-0.4, -0.2) is 69.7 Å². The molecule has 0 aliphatic carbocycles. The second-order valence-corrected chi connectivity index (χ2v) is 11.7. The van der Waals surface area contributed by atoms with Gasteiger partial charge in [-0.1, -0.05) is 0 Å². The number of Topliss-reactive ketones (excluding diaryl/α,β-unsaturated/α-hetero) is 1. The predicted molar refractivity (Wildman–Crippen MR) is 98.1 cm³/mol. The number of nitrogens with one attached hydrogen (secondary N) is 1. The van der Waals surface area contributed by atoms with E-state index < -0.39 is 42.8 Å². The monoisotopic (exact) mass is 388 g/mol. The zero-order chi connectivity index (χ0) is 19.6. The second-order valence-electron chi connectivity index (χ2n) is 7.40. The Kier molecular flexibility index (Phi) is 6.39. The number of hydrogen-bond acceptors (Lipinski definition) is 6. The minimum absolute atomic E-state index is 0.0959. The minimum Gasteiger partial charge on any atom is -0.387 e. The average Bonchev–Trinajstić information content (AvgIpc) is 2.79. The molecule has 1 fully saturated rings. The number of ether oxygens (including phenoxy) is 1. The molecule has 0 saturated carbocycles. The maximum Gasteiger partial charge on any atom is 0.448 e. The van der Waals surface area contributed by atoms with Crippen LogP contribution in [0.1, 0.15) is 26.0 Å². The molecule has 1 aliphatic rings. The van der Waals surface area contributed by atoms with Crippen LogP contribution in [0.5, 0.6) is 0 Å². The molecule has 0 bridgehead atoms. The smallest absolute Gasteiger partial charge is 0.387 e. The number of carbonyl (C=O) groups excluding carboxylic acids is 1. The largest absolute Gasteiger partial charge is 0.448 e. The third-order valence-corrected chi connectivity index (χ3v) is 5.78. The highest BCUT2D eigenvalue weighted by Crippen LogP contribution is 2.39. The van der Waals surface area contributed by atoms with Crippen LogP contribution in [0.2, 0.25) is 0 Å². The molecule has 146 valence electrons.